The van der Waals surface area contributed by atoms with Crippen LogP contribution in [0.5, 0.6) is 0 Å². The molecule has 8 nitrogen and oxygen atoms in total. The maximum Gasteiger partial charge on any atom is 0.350 e. The zero-order valence-corrected chi connectivity index (χ0v) is 19.6. The van der Waals surface area contributed by atoms with Crippen LogP contribution < -0.4 is 10.6 Å². The van der Waals surface area contributed by atoms with Crippen LogP contribution in [-0.2, 0) is 19.1 Å². The summed E-state index contributed by atoms with van der Waals surface area (Å²) < 4.78 is 10.0. The van der Waals surface area contributed by atoms with Gasteiger partial charge in [0.2, 0.25) is 0 Å². The monoisotopic (exact) mass is 486 g/mol. The Morgan fingerprint density at radius 2 is 1.73 bits per heavy atom. The van der Waals surface area contributed by atoms with Crippen LogP contribution in [0.15, 0.2) is 48.5 Å². The van der Waals surface area contributed by atoms with Crippen molar-refractivity contribution in [2.75, 3.05) is 25.1 Å². The highest BCUT2D eigenvalue weighted by atomic mass is 32.1. The van der Waals surface area contributed by atoms with E-state index in [4.69, 9.17) is 9.47 Å². The molecular weight excluding hydrogens is 464 g/mol. The first-order chi connectivity index (χ1) is 15.9. The largest absolute Gasteiger partial charge is 0.462 e. The van der Waals surface area contributed by atoms with Crippen LogP contribution in [0.4, 0.5) is 5.69 Å². The predicted molar refractivity (Wildman–Crippen MR) is 127 cm³/mol. The Morgan fingerprint density at radius 3 is 2.39 bits per heavy atom. The highest BCUT2D eigenvalue weighted by molar-refractivity contribution is 7.18. The fraction of sp³-hybridized carbons (Fsp3) is 0.217. The molecule has 2 heterocycles. The molecule has 0 saturated heterocycles. The summed E-state index contributed by atoms with van der Waals surface area (Å²) in [6.07, 6.45) is 0. The number of amides is 2. The molecule has 2 N–H and O–H groups in total. The lowest BCUT2D eigenvalue weighted by molar-refractivity contribution is -0.146. The minimum Gasteiger partial charge on any atom is -0.462 e. The van der Waals surface area contributed by atoms with Crippen molar-refractivity contribution in [1.29, 1.82) is 0 Å². The van der Waals surface area contributed by atoms with Gasteiger partial charge in [-0.15, -0.1) is 22.7 Å². The number of esters is 2. The molecule has 0 spiro atoms. The molecule has 0 radical (unpaired) electrons. The Bertz CT molecular complexity index is 1150. The maximum absolute atomic E-state index is 12.3. The number of anilines is 1. The number of ether oxygens (including phenoxy) is 2. The molecule has 0 saturated carbocycles. The van der Waals surface area contributed by atoms with Crippen LogP contribution in [0.3, 0.4) is 0 Å². The van der Waals surface area contributed by atoms with E-state index in [-0.39, 0.29) is 29.6 Å². The molecule has 2 amide bonds. The minimum atomic E-state index is -0.757. The molecular formula is C23H22N2O6S2. The number of carbonyl (C=O) groups excluding carboxylic acids is 4. The van der Waals surface area contributed by atoms with E-state index in [1.54, 1.807) is 25.1 Å². The molecule has 3 rings (SSSR count). The Hall–Kier alpha value is -3.50. The molecule has 3 aromatic rings. The van der Waals surface area contributed by atoms with Crippen molar-refractivity contribution in [2.24, 2.45) is 0 Å². The van der Waals surface area contributed by atoms with Gasteiger partial charge in [-0.2, -0.15) is 0 Å². The molecule has 2 aromatic heterocycles. The second kappa shape index (κ2) is 11.4. The standard InChI is InChI=1S/C23H22N2O6S2/c1-3-30-23(29)21-16(11-18(33-21)15-7-5-4-6-8-15)25-19(26)13-31-20(27)12-24-22(28)17-10-9-14(2)32-17/h4-11H,3,12-13H2,1-2H3,(H,24,28)(H,25,26). The van der Waals surface area contributed by atoms with E-state index in [9.17, 15) is 19.2 Å². The number of hydrogen-bond acceptors (Lipinski definition) is 8. The molecule has 0 aliphatic rings. The van der Waals surface area contributed by atoms with E-state index < -0.39 is 24.5 Å². The third kappa shape index (κ3) is 6.74. The molecule has 0 bridgehead atoms. The van der Waals surface area contributed by atoms with Gasteiger partial charge >= 0.3 is 11.9 Å². The Morgan fingerprint density at radius 1 is 0.970 bits per heavy atom. The zero-order valence-electron chi connectivity index (χ0n) is 18.0. The van der Waals surface area contributed by atoms with Crippen molar-refractivity contribution in [3.8, 4) is 10.4 Å². The number of carbonyl (C=O) groups is 4. The van der Waals surface area contributed by atoms with Crippen molar-refractivity contribution in [3.05, 3.63) is 63.2 Å². The molecule has 0 aliphatic heterocycles. The van der Waals surface area contributed by atoms with Crippen LogP contribution in [-0.4, -0.2) is 43.5 Å². The van der Waals surface area contributed by atoms with Crippen molar-refractivity contribution < 1.29 is 28.7 Å². The van der Waals surface area contributed by atoms with Crippen molar-refractivity contribution in [1.82, 2.24) is 5.32 Å². The molecule has 172 valence electrons. The van der Waals surface area contributed by atoms with Gasteiger partial charge in [0, 0.05) is 9.75 Å². The van der Waals surface area contributed by atoms with Crippen LogP contribution in [0, 0.1) is 6.92 Å². The average molecular weight is 487 g/mol. The van der Waals surface area contributed by atoms with Crippen molar-refractivity contribution in [2.45, 2.75) is 13.8 Å². The summed E-state index contributed by atoms with van der Waals surface area (Å²) in [4.78, 5) is 51.0. The van der Waals surface area contributed by atoms with E-state index >= 15 is 0 Å². The van der Waals surface area contributed by atoms with E-state index in [1.165, 1.54) is 22.7 Å². The van der Waals surface area contributed by atoms with Gasteiger partial charge in [-0.1, -0.05) is 30.3 Å². The molecule has 0 unspecified atom stereocenters. The van der Waals surface area contributed by atoms with Gasteiger partial charge in [0.1, 0.15) is 11.4 Å². The molecule has 0 atom stereocenters. The molecule has 0 fully saturated rings. The van der Waals surface area contributed by atoms with Crippen molar-refractivity contribution >= 4 is 52.1 Å². The number of rotatable bonds is 9. The number of hydrogen-bond donors (Lipinski definition) is 2. The van der Waals surface area contributed by atoms with E-state index in [2.05, 4.69) is 10.6 Å². The lowest BCUT2D eigenvalue weighted by Crippen LogP contribution is -2.31. The fourth-order valence-corrected chi connectivity index (χ4v) is 4.55. The number of benzene rings is 1. The predicted octanol–water partition coefficient (Wildman–Crippen LogP) is 3.87. The Labute approximate surface area is 198 Å². The minimum absolute atomic E-state index is 0.194. The van der Waals surface area contributed by atoms with Gasteiger partial charge in [0.15, 0.2) is 6.61 Å². The summed E-state index contributed by atoms with van der Waals surface area (Å²) in [6, 6.07) is 14.5. The molecule has 33 heavy (non-hydrogen) atoms. The molecule has 10 heteroatoms. The quantitative estimate of drug-likeness (QED) is 0.444. The summed E-state index contributed by atoms with van der Waals surface area (Å²) in [5, 5.41) is 5.05. The van der Waals surface area contributed by atoms with E-state index in [0.29, 0.717) is 4.88 Å². The Kier molecular flexibility index (Phi) is 8.34. The average Bonchev–Trinajstić information content (AvgIpc) is 3.43. The van der Waals surface area contributed by atoms with Gasteiger partial charge in [0.25, 0.3) is 11.8 Å². The van der Waals surface area contributed by atoms with E-state index in [1.807, 2.05) is 37.3 Å². The third-order valence-electron chi connectivity index (χ3n) is 4.25. The first kappa shape index (κ1) is 24.1. The fourth-order valence-electron chi connectivity index (χ4n) is 2.76. The van der Waals surface area contributed by atoms with Gasteiger partial charge in [-0.05, 0) is 37.6 Å². The van der Waals surface area contributed by atoms with Crippen LogP contribution in [0.2, 0.25) is 0 Å². The van der Waals surface area contributed by atoms with Gasteiger partial charge < -0.3 is 20.1 Å². The van der Waals surface area contributed by atoms with Gasteiger partial charge in [-0.25, -0.2) is 4.79 Å². The number of thiophene rings is 2. The zero-order chi connectivity index (χ0) is 23.8. The lowest BCUT2D eigenvalue weighted by atomic mass is 10.2. The SMILES string of the molecule is CCOC(=O)c1sc(-c2ccccc2)cc1NC(=O)COC(=O)CNC(=O)c1ccc(C)s1. The highest BCUT2D eigenvalue weighted by Gasteiger charge is 2.20. The topological polar surface area (TPSA) is 111 Å². The normalized spacial score (nSPS) is 10.4. The number of aryl methyl sites for hydroxylation is 1. The summed E-state index contributed by atoms with van der Waals surface area (Å²) in [7, 11) is 0. The smallest absolute Gasteiger partial charge is 0.350 e. The second-order valence-corrected chi connectivity index (χ2v) is 9.08. The first-order valence-corrected chi connectivity index (χ1v) is 11.7. The summed E-state index contributed by atoms with van der Waals surface area (Å²) in [5.74, 6) is -2.32. The maximum atomic E-state index is 12.3. The number of nitrogens with one attached hydrogen (secondary N) is 2. The second-order valence-electron chi connectivity index (χ2n) is 6.74. The van der Waals surface area contributed by atoms with Crippen LogP contribution in [0.25, 0.3) is 10.4 Å². The van der Waals surface area contributed by atoms with Gasteiger partial charge in [0.05, 0.1) is 17.2 Å². The summed E-state index contributed by atoms with van der Waals surface area (Å²) in [6.45, 7) is 2.83. The highest BCUT2D eigenvalue weighted by Crippen LogP contribution is 2.35. The molecule has 0 aliphatic carbocycles. The van der Waals surface area contributed by atoms with Crippen LogP contribution in [0.1, 0.15) is 31.1 Å². The van der Waals surface area contributed by atoms with Gasteiger partial charge in [-0.3, -0.25) is 14.4 Å². The lowest BCUT2D eigenvalue weighted by Gasteiger charge is -2.08. The summed E-state index contributed by atoms with van der Waals surface area (Å²) >= 11 is 2.50. The van der Waals surface area contributed by atoms with Crippen LogP contribution >= 0.6 is 22.7 Å². The Balaban J connectivity index is 1.57. The van der Waals surface area contributed by atoms with Crippen molar-refractivity contribution in [3.63, 3.8) is 0 Å². The summed E-state index contributed by atoms with van der Waals surface area (Å²) in [5.41, 5.74) is 1.16. The molecule has 1 aromatic carbocycles. The van der Waals surface area contributed by atoms with E-state index in [0.717, 1.165) is 15.3 Å². The third-order valence-corrected chi connectivity index (χ3v) is 6.41. The first-order valence-electron chi connectivity index (χ1n) is 10.0.